The van der Waals surface area contributed by atoms with E-state index in [1.807, 2.05) is 43.4 Å². The Morgan fingerprint density at radius 1 is 0.943 bits per heavy atom. The van der Waals surface area contributed by atoms with Crippen molar-refractivity contribution >= 4 is 23.5 Å². The maximum absolute atomic E-state index is 13.3. The van der Waals surface area contributed by atoms with Crippen LogP contribution in [0, 0.1) is 11.3 Å². The number of nitriles is 1. The van der Waals surface area contributed by atoms with E-state index >= 15 is 0 Å². The molecular formula is C26H20F3N5S. The van der Waals surface area contributed by atoms with Gasteiger partial charge in [-0.1, -0.05) is 36.4 Å². The smallest absolute Gasteiger partial charge is 0.370 e. The molecule has 0 atom stereocenters. The third kappa shape index (κ3) is 5.91. The van der Waals surface area contributed by atoms with Crippen molar-refractivity contribution in [2.24, 2.45) is 0 Å². The van der Waals surface area contributed by atoms with Crippen molar-refractivity contribution in [3.05, 3.63) is 102 Å². The Morgan fingerprint density at radius 3 is 2.31 bits per heavy atom. The largest absolute Gasteiger partial charge is 0.417 e. The Morgan fingerprint density at radius 2 is 1.63 bits per heavy atom. The van der Waals surface area contributed by atoms with Gasteiger partial charge in [-0.15, -0.1) is 0 Å². The van der Waals surface area contributed by atoms with Crippen LogP contribution in [0.25, 0.3) is 11.3 Å². The molecule has 4 rings (SSSR count). The molecule has 1 aromatic heterocycles. The summed E-state index contributed by atoms with van der Waals surface area (Å²) in [5.41, 5.74) is 3.28. The summed E-state index contributed by atoms with van der Waals surface area (Å²) in [7, 11) is 1.97. The monoisotopic (exact) mass is 491 g/mol. The van der Waals surface area contributed by atoms with Crippen molar-refractivity contribution in [3.63, 3.8) is 0 Å². The maximum atomic E-state index is 13.3. The summed E-state index contributed by atoms with van der Waals surface area (Å²) < 4.78 is 42.8. The van der Waals surface area contributed by atoms with E-state index in [1.165, 1.54) is 18.3 Å². The SMILES string of the molecule is CN(Cc1ccc(-c2nccnc2NSc2ccccc2C(F)(F)F)cc1)c1ccc(C#N)cc1. The van der Waals surface area contributed by atoms with E-state index in [1.54, 1.807) is 24.4 Å². The van der Waals surface area contributed by atoms with Crippen LogP contribution in [0.1, 0.15) is 16.7 Å². The molecule has 0 unspecified atom stereocenters. The summed E-state index contributed by atoms with van der Waals surface area (Å²) in [6, 6.07) is 22.6. The minimum Gasteiger partial charge on any atom is -0.370 e. The number of nitrogens with zero attached hydrogens (tertiary/aromatic N) is 4. The summed E-state index contributed by atoms with van der Waals surface area (Å²) in [5.74, 6) is 0.372. The van der Waals surface area contributed by atoms with Gasteiger partial charge in [0, 0.05) is 42.1 Å². The molecule has 4 aromatic rings. The van der Waals surface area contributed by atoms with E-state index < -0.39 is 11.7 Å². The van der Waals surface area contributed by atoms with Crippen LogP contribution in [0.2, 0.25) is 0 Å². The average molecular weight is 492 g/mol. The highest BCUT2D eigenvalue weighted by atomic mass is 32.2. The van der Waals surface area contributed by atoms with E-state index in [2.05, 4.69) is 25.7 Å². The van der Waals surface area contributed by atoms with Crippen molar-refractivity contribution in [3.8, 4) is 17.3 Å². The zero-order valence-corrected chi connectivity index (χ0v) is 19.4. The van der Waals surface area contributed by atoms with Crippen LogP contribution >= 0.6 is 11.9 Å². The highest BCUT2D eigenvalue weighted by Crippen LogP contribution is 2.37. The Hall–Kier alpha value is -4.03. The summed E-state index contributed by atoms with van der Waals surface area (Å²) in [4.78, 5) is 10.8. The molecule has 0 aliphatic carbocycles. The Kier molecular flexibility index (Phi) is 7.22. The van der Waals surface area contributed by atoms with Gasteiger partial charge >= 0.3 is 6.18 Å². The first-order valence-corrected chi connectivity index (χ1v) is 11.4. The van der Waals surface area contributed by atoms with E-state index in [4.69, 9.17) is 5.26 Å². The molecule has 5 nitrogen and oxygen atoms in total. The minimum absolute atomic E-state index is 0.0535. The molecule has 176 valence electrons. The first-order chi connectivity index (χ1) is 16.8. The van der Waals surface area contributed by atoms with Gasteiger partial charge in [-0.3, -0.25) is 4.98 Å². The summed E-state index contributed by atoms with van der Waals surface area (Å²) in [6.07, 6.45) is -1.42. The second-order valence-corrected chi connectivity index (χ2v) is 8.51. The number of alkyl halides is 3. The number of anilines is 2. The Labute approximate surface area is 205 Å². The lowest BCUT2D eigenvalue weighted by Gasteiger charge is -2.19. The first-order valence-electron chi connectivity index (χ1n) is 10.6. The molecule has 0 aliphatic heterocycles. The van der Waals surface area contributed by atoms with Gasteiger partial charge in [0.05, 0.1) is 17.2 Å². The van der Waals surface area contributed by atoms with Gasteiger partial charge in [0.25, 0.3) is 0 Å². The topological polar surface area (TPSA) is 64.8 Å². The summed E-state index contributed by atoms with van der Waals surface area (Å²) in [6.45, 7) is 0.655. The lowest BCUT2D eigenvalue weighted by atomic mass is 10.1. The fourth-order valence-corrected chi connectivity index (χ4v) is 4.24. The number of halogens is 3. The molecule has 0 aliphatic rings. The molecule has 0 radical (unpaired) electrons. The molecule has 9 heteroatoms. The summed E-state index contributed by atoms with van der Waals surface area (Å²) in [5, 5.41) is 8.95. The van der Waals surface area contributed by atoms with Gasteiger partial charge in [-0.25, -0.2) is 4.98 Å². The van der Waals surface area contributed by atoms with Gasteiger partial charge in [0.15, 0.2) is 5.82 Å². The fraction of sp³-hybridized carbons (Fsp3) is 0.115. The first kappa shape index (κ1) is 24.1. The molecule has 0 spiro atoms. The van der Waals surface area contributed by atoms with Gasteiger partial charge in [-0.2, -0.15) is 18.4 Å². The fourth-order valence-electron chi connectivity index (χ4n) is 3.44. The van der Waals surface area contributed by atoms with Gasteiger partial charge in [0.1, 0.15) is 5.69 Å². The molecule has 0 saturated carbocycles. The molecule has 1 heterocycles. The van der Waals surface area contributed by atoms with E-state index in [-0.39, 0.29) is 4.90 Å². The van der Waals surface area contributed by atoms with Crippen molar-refractivity contribution in [2.75, 3.05) is 16.7 Å². The second kappa shape index (κ2) is 10.5. The maximum Gasteiger partial charge on any atom is 0.417 e. The Bertz CT molecular complexity index is 1330. The average Bonchev–Trinajstić information content (AvgIpc) is 2.88. The van der Waals surface area contributed by atoms with Crippen molar-refractivity contribution in [1.82, 2.24) is 9.97 Å². The molecule has 1 N–H and O–H groups in total. The molecule has 3 aromatic carbocycles. The number of rotatable bonds is 7. The zero-order chi connectivity index (χ0) is 24.8. The number of nitrogens with one attached hydrogen (secondary N) is 1. The zero-order valence-electron chi connectivity index (χ0n) is 18.6. The van der Waals surface area contributed by atoms with Gasteiger partial charge in [-0.05, 0) is 53.9 Å². The van der Waals surface area contributed by atoms with Crippen LogP contribution in [0.5, 0.6) is 0 Å². The van der Waals surface area contributed by atoms with E-state index in [0.29, 0.717) is 23.6 Å². The molecular weight excluding hydrogens is 471 g/mol. The second-order valence-electron chi connectivity index (χ2n) is 7.66. The number of aromatic nitrogens is 2. The van der Waals surface area contributed by atoms with E-state index in [9.17, 15) is 13.2 Å². The number of hydrogen-bond acceptors (Lipinski definition) is 6. The molecule has 35 heavy (non-hydrogen) atoms. The molecule has 0 amide bonds. The van der Waals surface area contributed by atoms with Crippen LogP contribution in [0.4, 0.5) is 24.7 Å². The predicted octanol–water partition coefficient (Wildman–Crippen LogP) is 6.79. The number of hydrogen-bond donors (Lipinski definition) is 1. The lowest BCUT2D eigenvalue weighted by Crippen LogP contribution is -2.16. The van der Waals surface area contributed by atoms with Crippen molar-refractivity contribution in [1.29, 1.82) is 5.26 Å². The van der Waals surface area contributed by atoms with Crippen LogP contribution in [0.15, 0.2) is 90.1 Å². The normalized spacial score (nSPS) is 11.1. The molecule has 0 fully saturated rings. The van der Waals surface area contributed by atoms with Gasteiger partial charge in [0.2, 0.25) is 0 Å². The minimum atomic E-state index is -4.45. The van der Waals surface area contributed by atoms with Crippen LogP contribution in [-0.2, 0) is 12.7 Å². The van der Waals surface area contributed by atoms with Crippen LogP contribution in [-0.4, -0.2) is 17.0 Å². The highest BCUT2D eigenvalue weighted by molar-refractivity contribution is 8.00. The lowest BCUT2D eigenvalue weighted by molar-refractivity contribution is -0.139. The summed E-state index contributed by atoms with van der Waals surface area (Å²) >= 11 is 0.848. The third-order valence-corrected chi connectivity index (χ3v) is 6.10. The molecule has 0 saturated heterocycles. The van der Waals surface area contributed by atoms with Crippen molar-refractivity contribution in [2.45, 2.75) is 17.6 Å². The van der Waals surface area contributed by atoms with Crippen molar-refractivity contribution < 1.29 is 13.2 Å². The quantitative estimate of drug-likeness (QED) is 0.287. The Balaban J connectivity index is 1.48. The third-order valence-electron chi connectivity index (χ3n) is 5.23. The predicted molar refractivity (Wildman–Crippen MR) is 132 cm³/mol. The standard InChI is InChI=1S/C26H20F3N5S/c1-34(21-12-8-18(16-30)9-13-21)17-19-6-10-20(11-7-19)24-25(32-15-14-31-24)33-35-23-5-3-2-4-22(23)26(27,28)29/h2-15H,17H2,1H3,(H,32,33). The van der Waals surface area contributed by atoms with Crippen LogP contribution in [0.3, 0.4) is 0 Å². The number of benzene rings is 3. The van der Waals surface area contributed by atoms with E-state index in [0.717, 1.165) is 34.8 Å². The van der Waals surface area contributed by atoms with Gasteiger partial charge < -0.3 is 9.62 Å². The highest BCUT2D eigenvalue weighted by Gasteiger charge is 2.33. The van der Waals surface area contributed by atoms with Crippen LogP contribution < -0.4 is 9.62 Å². The molecule has 0 bridgehead atoms.